The van der Waals surface area contributed by atoms with Crippen LogP contribution >= 0.6 is 11.3 Å². The van der Waals surface area contributed by atoms with Gasteiger partial charge < -0.3 is 14.3 Å². The topological polar surface area (TPSA) is 110 Å². The number of halogens is 1. The molecule has 3 aromatic rings. The predicted octanol–water partition coefficient (Wildman–Crippen LogP) is 3.60. The lowest BCUT2D eigenvalue weighted by molar-refractivity contribution is -0.132. The number of furan rings is 1. The molecule has 1 saturated heterocycles. The molecule has 3 heterocycles. The zero-order chi connectivity index (χ0) is 22.3. The van der Waals surface area contributed by atoms with E-state index in [9.17, 15) is 23.9 Å². The number of aromatic nitrogens is 1. The SMILES string of the molecule is COC(=O)c1sc(N2C(=O)C(=O)/C(=C(/O)c3ccc(F)cc3)[C@H]2c2ccco2)nc1C. The molecule has 1 aliphatic rings. The van der Waals surface area contributed by atoms with Gasteiger partial charge in [-0.05, 0) is 43.3 Å². The molecule has 31 heavy (non-hydrogen) atoms. The molecule has 1 N–H and O–H groups in total. The van der Waals surface area contributed by atoms with Crippen LogP contribution in [-0.4, -0.2) is 34.9 Å². The smallest absolute Gasteiger partial charge is 0.350 e. The number of rotatable bonds is 4. The summed E-state index contributed by atoms with van der Waals surface area (Å²) in [6, 6.07) is 6.82. The highest BCUT2D eigenvalue weighted by Gasteiger charge is 2.49. The average molecular weight is 442 g/mol. The number of amides is 1. The van der Waals surface area contributed by atoms with Gasteiger partial charge in [0.25, 0.3) is 5.78 Å². The van der Waals surface area contributed by atoms with Crippen LogP contribution in [0.25, 0.3) is 5.76 Å². The lowest BCUT2D eigenvalue weighted by Crippen LogP contribution is -2.29. The Morgan fingerprint density at radius 1 is 1.26 bits per heavy atom. The van der Waals surface area contributed by atoms with Gasteiger partial charge in [0.2, 0.25) is 0 Å². The van der Waals surface area contributed by atoms with E-state index in [1.54, 1.807) is 19.1 Å². The minimum Gasteiger partial charge on any atom is -0.507 e. The van der Waals surface area contributed by atoms with Gasteiger partial charge in [0, 0.05) is 5.56 Å². The number of Topliss-reactive ketones (excluding diaryl/α,β-unsaturated/α-hetero) is 1. The molecule has 1 fully saturated rings. The van der Waals surface area contributed by atoms with Gasteiger partial charge in [-0.3, -0.25) is 14.5 Å². The molecule has 1 amide bonds. The molecule has 2 aromatic heterocycles. The Labute approximate surface area is 179 Å². The van der Waals surface area contributed by atoms with Gasteiger partial charge in [-0.15, -0.1) is 0 Å². The largest absolute Gasteiger partial charge is 0.507 e. The molecule has 0 spiro atoms. The number of ether oxygens (including phenoxy) is 1. The number of aliphatic hydroxyl groups excluding tert-OH is 1. The van der Waals surface area contributed by atoms with Crippen LogP contribution in [-0.2, 0) is 14.3 Å². The van der Waals surface area contributed by atoms with Crippen LogP contribution in [0.4, 0.5) is 9.52 Å². The molecular weight excluding hydrogens is 427 g/mol. The average Bonchev–Trinajstić information content (AvgIpc) is 3.47. The summed E-state index contributed by atoms with van der Waals surface area (Å²) >= 11 is 0.880. The van der Waals surface area contributed by atoms with Crippen molar-refractivity contribution in [3.63, 3.8) is 0 Å². The second-order valence-corrected chi connectivity index (χ2v) is 7.57. The van der Waals surface area contributed by atoms with Crippen LogP contribution in [0.5, 0.6) is 0 Å². The molecule has 1 aromatic carbocycles. The van der Waals surface area contributed by atoms with Crippen LogP contribution in [0.3, 0.4) is 0 Å². The molecule has 158 valence electrons. The third-order valence-electron chi connectivity index (χ3n) is 4.74. The fourth-order valence-corrected chi connectivity index (χ4v) is 4.29. The van der Waals surface area contributed by atoms with Crippen LogP contribution in [0.15, 0.2) is 52.7 Å². The summed E-state index contributed by atoms with van der Waals surface area (Å²) < 4.78 is 23.5. The van der Waals surface area contributed by atoms with E-state index in [0.717, 1.165) is 28.4 Å². The summed E-state index contributed by atoms with van der Waals surface area (Å²) in [6.07, 6.45) is 1.36. The van der Waals surface area contributed by atoms with Crippen molar-refractivity contribution < 1.29 is 33.0 Å². The summed E-state index contributed by atoms with van der Waals surface area (Å²) in [5.41, 5.74) is 0.242. The van der Waals surface area contributed by atoms with Crippen molar-refractivity contribution in [2.45, 2.75) is 13.0 Å². The van der Waals surface area contributed by atoms with Gasteiger partial charge >= 0.3 is 11.9 Å². The predicted molar refractivity (Wildman–Crippen MR) is 108 cm³/mol. The van der Waals surface area contributed by atoms with E-state index in [4.69, 9.17) is 9.15 Å². The molecule has 0 saturated carbocycles. The Balaban J connectivity index is 1.90. The lowest BCUT2D eigenvalue weighted by atomic mass is 9.99. The maximum absolute atomic E-state index is 13.3. The number of hydrogen-bond acceptors (Lipinski definition) is 8. The Kier molecular flexibility index (Phi) is 5.15. The van der Waals surface area contributed by atoms with Crippen molar-refractivity contribution in [2.75, 3.05) is 12.0 Å². The second kappa shape index (κ2) is 7.80. The Bertz CT molecular complexity index is 1210. The van der Waals surface area contributed by atoms with Gasteiger partial charge in [-0.2, -0.15) is 0 Å². The molecule has 4 rings (SSSR count). The number of methoxy groups -OCH3 is 1. The summed E-state index contributed by atoms with van der Waals surface area (Å²) in [6.45, 7) is 1.57. The summed E-state index contributed by atoms with van der Waals surface area (Å²) in [5.74, 6) is -3.34. The van der Waals surface area contributed by atoms with Crippen molar-refractivity contribution in [3.8, 4) is 0 Å². The van der Waals surface area contributed by atoms with E-state index >= 15 is 0 Å². The Morgan fingerprint density at radius 2 is 1.97 bits per heavy atom. The Morgan fingerprint density at radius 3 is 2.58 bits per heavy atom. The number of ketones is 1. The maximum Gasteiger partial charge on any atom is 0.350 e. The molecule has 8 nitrogen and oxygen atoms in total. The number of aliphatic hydroxyl groups is 1. The molecule has 1 aliphatic heterocycles. The van der Waals surface area contributed by atoms with Crippen molar-refractivity contribution in [2.24, 2.45) is 0 Å². The Hall–Kier alpha value is -3.79. The first-order valence-electron chi connectivity index (χ1n) is 8.99. The van der Waals surface area contributed by atoms with Crippen molar-refractivity contribution >= 4 is 39.9 Å². The van der Waals surface area contributed by atoms with Gasteiger partial charge in [0.05, 0.1) is 24.6 Å². The first-order valence-corrected chi connectivity index (χ1v) is 9.81. The van der Waals surface area contributed by atoms with Gasteiger partial charge in [0.1, 0.15) is 28.3 Å². The number of nitrogens with zero attached hydrogens (tertiary/aromatic N) is 2. The number of hydrogen-bond donors (Lipinski definition) is 1. The normalized spacial score (nSPS) is 17.9. The third kappa shape index (κ3) is 3.40. The van der Waals surface area contributed by atoms with Crippen molar-refractivity contribution in [1.82, 2.24) is 4.98 Å². The molecule has 10 heteroatoms. The van der Waals surface area contributed by atoms with Crippen molar-refractivity contribution in [1.29, 1.82) is 0 Å². The van der Waals surface area contributed by atoms with Crippen LogP contribution in [0.2, 0.25) is 0 Å². The summed E-state index contributed by atoms with van der Waals surface area (Å²) in [5, 5.41) is 10.9. The summed E-state index contributed by atoms with van der Waals surface area (Å²) in [4.78, 5) is 43.4. The third-order valence-corrected chi connectivity index (χ3v) is 5.87. The second-order valence-electron chi connectivity index (χ2n) is 6.59. The number of carbonyl (C=O) groups is 3. The highest BCUT2D eigenvalue weighted by atomic mass is 32.1. The number of aryl methyl sites for hydroxylation is 1. The van der Waals surface area contributed by atoms with Crippen molar-refractivity contribution in [3.05, 3.63) is 75.9 Å². The lowest BCUT2D eigenvalue weighted by Gasteiger charge is -2.20. The van der Waals surface area contributed by atoms with E-state index in [2.05, 4.69) is 4.98 Å². The fourth-order valence-electron chi connectivity index (χ4n) is 3.28. The molecule has 0 bridgehead atoms. The van der Waals surface area contributed by atoms with E-state index in [-0.39, 0.29) is 26.9 Å². The zero-order valence-corrected chi connectivity index (χ0v) is 17.1. The molecular formula is C21H15FN2O6S. The minimum atomic E-state index is -1.13. The first-order chi connectivity index (χ1) is 14.8. The van der Waals surface area contributed by atoms with E-state index in [1.165, 1.54) is 25.5 Å². The monoisotopic (exact) mass is 442 g/mol. The number of anilines is 1. The van der Waals surface area contributed by atoms with E-state index < -0.39 is 35.3 Å². The van der Waals surface area contributed by atoms with E-state index in [0.29, 0.717) is 5.69 Å². The zero-order valence-electron chi connectivity index (χ0n) is 16.3. The minimum absolute atomic E-state index is 0.0690. The van der Waals surface area contributed by atoms with Crippen LogP contribution in [0.1, 0.15) is 32.7 Å². The van der Waals surface area contributed by atoms with Gasteiger partial charge in [-0.25, -0.2) is 14.2 Å². The highest BCUT2D eigenvalue weighted by molar-refractivity contribution is 7.17. The fraction of sp³-hybridized carbons (Fsp3) is 0.143. The molecule has 0 aliphatic carbocycles. The van der Waals surface area contributed by atoms with Crippen LogP contribution < -0.4 is 4.90 Å². The number of carbonyl (C=O) groups excluding carboxylic acids is 3. The van der Waals surface area contributed by atoms with E-state index in [1.807, 2.05) is 0 Å². The molecule has 0 unspecified atom stereocenters. The van der Waals surface area contributed by atoms with Gasteiger partial charge in [0.15, 0.2) is 5.13 Å². The highest BCUT2D eigenvalue weighted by Crippen LogP contribution is 2.44. The number of benzene rings is 1. The first kappa shape index (κ1) is 20.5. The van der Waals surface area contributed by atoms with Gasteiger partial charge in [-0.1, -0.05) is 11.3 Å². The molecule has 1 atom stereocenters. The van der Waals surface area contributed by atoms with Crippen LogP contribution in [0, 0.1) is 12.7 Å². The maximum atomic E-state index is 13.3. The quantitative estimate of drug-likeness (QED) is 0.285. The number of esters is 1. The molecule has 0 radical (unpaired) electrons. The number of thiazole rings is 1. The standard InChI is InChI=1S/C21H15FN2O6S/c1-10-18(20(28)29-2)31-21(23-10)24-15(13-4-3-9-30-13)14(17(26)19(24)27)16(25)11-5-7-12(22)8-6-11/h3-9,15,25H,1-2H3/b16-14+/t15-/m1/s1. The summed E-state index contributed by atoms with van der Waals surface area (Å²) in [7, 11) is 1.22.